The van der Waals surface area contributed by atoms with Gasteiger partial charge in [-0.15, -0.1) is 0 Å². The molecule has 0 aliphatic heterocycles. The quantitative estimate of drug-likeness (QED) is 0.865. The van der Waals surface area contributed by atoms with E-state index >= 15 is 0 Å². The molecule has 2 rings (SSSR count). The predicted octanol–water partition coefficient (Wildman–Crippen LogP) is 2.30. The van der Waals surface area contributed by atoms with Gasteiger partial charge in [0.2, 0.25) is 0 Å². The SMILES string of the molecule is Cc1ncc(CO)c(COCc2ccccc2)c1O. The lowest BCUT2D eigenvalue weighted by Crippen LogP contribution is -2.02. The van der Waals surface area contributed by atoms with Gasteiger partial charge in [0.05, 0.1) is 25.5 Å². The molecule has 0 fully saturated rings. The monoisotopic (exact) mass is 259 g/mol. The first-order valence-electron chi connectivity index (χ1n) is 6.11. The fourth-order valence-corrected chi connectivity index (χ4v) is 1.83. The molecule has 4 nitrogen and oxygen atoms in total. The van der Waals surface area contributed by atoms with Crippen LogP contribution in [-0.2, 0) is 24.6 Å². The number of aliphatic hydroxyl groups excluding tert-OH is 1. The van der Waals surface area contributed by atoms with E-state index in [1.807, 2.05) is 30.3 Å². The molecule has 0 aliphatic carbocycles. The highest BCUT2D eigenvalue weighted by Gasteiger charge is 2.11. The van der Waals surface area contributed by atoms with Crippen LogP contribution in [0.15, 0.2) is 36.5 Å². The van der Waals surface area contributed by atoms with Gasteiger partial charge < -0.3 is 14.9 Å². The molecule has 0 saturated carbocycles. The summed E-state index contributed by atoms with van der Waals surface area (Å²) < 4.78 is 5.59. The van der Waals surface area contributed by atoms with Gasteiger partial charge in [-0.1, -0.05) is 30.3 Å². The van der Waals surface area contributed by atoms with Gasteiger partial charge in [0.1, 0.15) is 5.75 Å². The Kier molecular flexibility index (Phi) is 4.49. The summed E-state index contributed by atoms with van der Waals surface area (Å²) in [6.45, 7) is 2.27. The van der Waals surface area contributed by atoms with Crippen LogP contribution < -0.4 is 0 Å². The van der Waals surface area contributed by atoms with Crippen molar-refractivity contribution in [2.24, 2.45) is 0 Å². The van der Waals surface area contributed by atoms with Crippen molar-refractivity contribution in [3.8, 4) is 5.75 Å². The van der Waals surface area contributed by atoms with Crippen molar-refractivity contribution in [1.29, 1.82) is 0 Å². The number of nitrogens with zero attached hydrogens (tertiary/aromatic N) is 1. The third-order valence-electron chi connectivity index (χ3n) is 2.96. The Labute approximate surface area is 112 Å². The summed E-state index contributed by atoms with van der Waals surface area (Å²) in [7, 11) is 0. The Morgan fingerprint density at radius 1 is 1.16 bits per heavy atom. The highest BCUT2D eigenvalue weighted by Crippen LogP contribution is 2.24. The Morgan fingerprint density at radius 3 is 2.58 bits per heavy atom. The minimum atomic E-state index is -0.162. The second-order valence-electron chi connectivity index (χ2n) is 4.33. The molecule has 0 radical (unpaired) electrons. The van der Waals surface area contributed by atoms with Gasteiger partial charge in [0.25, 0.3) is 0 Å². The molecule has 0 spiro atoms. The molecule has 2 aromatic rings. The van der Waals surface area contributed by atoms with Crippen LogP contribution in [0.4, 0.5) is 0 Å². The molecule has 0 saturated heterocycles. The fourth-order valence-electron chi connectivity index (χ4n) is 1.83. The number of aromatic hydroxyl groups is 1. The maximum atomic E-state index is 9.95. The van der Waals surface area contributed by atoms with Crippen molar-refractivity contribution in [2.75, 3.05) is 0 Å². The Hall–Kier alpha value is -1.91. The van der Waals surface area contributed by atoms with Crippen molar-refractivity contribution >= 4 is 0 Å². The topological polar surface area (TPSA) is 62.6 Å². The summed E-state index contributed by atoms with van der Waals surface area (Å²) in [5, 5.41) is 19.2. The van der Waals surface area contributed by atoms with Crippen LogP contribution >= 0.6 is 0 Å². The number of aromatic nitrogens is 1. The van der Waals surface area contributed by atoms with Gasteiger partial charge in [-0.05, 0) is 12.5 Å². The molecule has 0 amide bonds. The lowest BCUT2D eigenvalue weighted by molar-refractivity contribution is 0.103. The van der Waals surface area contributed by atoms with E-state index in [2.05, 4.69) is 4.98 Å². The van der Waals surface area contributed by atoms with E-state index in [9.17, 15) is 10.2 Å². The predicted molar refractivity (Wildman–Crippen MR) is 71.5 cm³/mol. The first-order chi connectivity index (χ1) is 9.22. The zero-order valence-electron chi connectivity index (χ0n) is 10.8. The molecule has 19 heavy (non-hydrogen) atoms. The molecule has 1 heterocycles. The first-order valence-corrected chi connectivity index (χ1v) is 6.11. The third-order valence-corrected chi connectivity index (χ3v) is 2.96. The fraction of sp³-hybridized carbons (Fsp3) is 0.267. The van der Waals surface area contributed by atoms with E-state index in [4.69, 9.17) is 4.74 Å². The summed E-state index contributed by atoms with van der Waals surface area (Å²) in [6.07, 6.45) is 1.57. The van der Waals surface area contributed by atoms with E-state index in [1.165, 1.54) is 0 Å². The molecule has 1 aromatic heterocycles. The van der Waals surface area contributed by atoms with Crippen LogP contribution in [0.25, 0.3) is 0 Å². The number of hydrogen-bond donors (Lipinski definition) is 2. The van der Waals surface area contributed by atoms with Crippen molar-refractivity contribution in [1.82, 2.24) is 4.98 Å². The van der Waals surface area contributed by atoms with Gasteiger partial charge in [-0.3, -0.25) is 4.98 Å². The Balaban J connectivity index is 2.05. The van der Waals surface area contributed by atoms with E-state index in [0.717, 1.165) is 5.56 Å². The summed E-state index contributed by atoms with van der Waals surface area (Å²) >= 11 is 0. The maximum absolute atomic E-state index is 9.95. The van der Waals surface area contributed by atoms with Crippen molar-refractivity contribution < 1.29 is 14.9 Å². The second-order valence-corrected chi connectivity index (χ2v) is 4.33. The van der Waals surface area contributed by atoms with Crippen LogP contribution in [0.3, 0.4) is 0 Å². The van der Waals surface area contributed by atoms with Crippen LogP contribution in [0.2, 0.25) is 0 Å². The van der Waals surface area contributed by atoms with E-state index in [1.54, 1.807) is 13.1 Å². The number of aliphatic hydroxyl groups is 1. The van der Waals surface area contributed by atoms with Crippen molar-refractivity contribution in [2.45, 2.75) is 26.7 Å². The summed E-state index contributed by atoms with van der Waals surface area (Å²) in [4.78, 5) is 4.01. The normalized spacial score (nSPS) is 10.6. The van der Waals surface area contributed by atoms with E-state index in [0.29, 0.717) is 23.4 Å². The molecule has 0 unspecified atom stereocenters. The maximum Gasteiger partial charge on any atom is 0.142 e. The van der Waals surface area contributed by atoms with Crippen molar-refractivity contribution in [3.05, 3.63) is 58.9 Å². The number of pyridine rings is 1. The van der Waals surface area contributed by atoms with Gasteiger partial charge in [0, 0.05) is 17.3 Å². The minimum absolute atomic E-state index is 0.0969. The zero-order valence-corrected chi connectivity index (χ0v) is 10.8. The first kappa shape index (κ1) is 13.5. The standard InChI is InChI=1S/C15H17NO3/c1-11-15(18)14(13(8-17)7-16-11)10-19-9-12-5-3-2-4-6-12/h2-7,17-18H,8-10H2,1H3. The summed E-state index contributed by atoms with van der Waals surface area (Å²) in [5.74, 6) is 0.0969. The van der Waals surface area contributed by atoms with Crippen molar-refractivity contribution in [3.63, 3.8) is 0 Å². The molecular weight excluding hydrogens is 242 g/mol. The Bertz CT molecular complexity index is 541. The molecule has 0 aliphatic rings. The summed E-state index contributed by atoms with van der Waals surface area (Å²) in [5.41, 5.74) is 2.80. The average molecular weight is 259 g/mol. The third kappa shape index (κ3) is 3.30. The van der Waals surface area contributed by atoms with E-state index in [-0.39, 0.29) is 19.0 Å². The average Bonchev–Trinajstić information content (AvgIpc) is 2.45. The lowest BCUT2D eigenvalue weighted by Gasteiger charge is -2.11. The van der Waals surface area contributed by atoms with Gasteiger partial charge in [-0.25, -0.2) is 0 Å². The minimum Gasteiger partial charge on any atom is -0.506 e. The largest absolute Gasteiger partial charge is 0.506 e. The zero-order chi connectivity index (χ0) is 13.7. The Morgan fingerprint density at radius 2 is 1.89 bits per heavy atom. The van der Waals surface area contributed by atoms with Crippen LogP contribution in [0.5, 0.6) is 5.75 Å². The molecule has 4 heteroatoms. The number of ether oxygens (including phenoxy) is 1. The molecule has 100 valence electrons. The number of benzene rings is 1. The number of hydrogen-bond acceptors (Lipinski definition) is 4. The van der Waals surface area contributed by atoms with Crippen LogP contribution in [-0.4, -0.2) is 15.2 Å². The van der Waals surface area contributed by atoms with Crippen LogP contribution in [0, 0.1) is 6.92 Å². The number of rotatable bonds is 5. The molecule has 2 N–H and O–H groups in total. The molecule has 0 bridgehead atoms. The molecule has 1 aromatic carbocycles. The molecule has 0 atom stereocenters. The lowest BCUT2D eigenvalue weighted by atomic mass is 10.1. The van der Waals surface area contributed by atoms with E-state index < -0.39 is 0 Å². The van der Waals surface area contributed by atoms with Gasteiger partial charge in [0.15, 0.2) is 0 Å². The van der Waals surface area contributed by atoms with Crippen LogP contribution in [0.1, 0.15) is 22.4 Å². The smallest absolute Gasteiger partial charge is 0.142 e. The highest BCUT2D eigenvalue weighted by molar-refractivity contribution is 5.40. The van der Waals surface area contributed by atoms with Gasteiger partial charge in [-0.2, -0.15) is 0 Å². The number of aryl methyl sites for hydroxylation is 1. The van der Waals surface area contributed by atoms with Gasteiger partial charge >= 0.3 is 0 Å². The second kappa shape index (κ2) is 6.31. The molecular formula is C15H17NO3. The summed E-state index contributed by atoms with van der Waals surface area (Å²) in [6, 6.07) is 9.80. The highest BCUT2D eigenvalue weighted by atomic mass is 16.5.